The van der Waals surface area contributed by atoms with Gasteiger partial charge in [0.15, 0.2) is 29.2 Å². The van der Waals surface area contributed by atoms with E-state index in [9.17, 15) is 19.2 Å². The van der Waals surface area contributed by atoms with Crippen LogP contribution in [0.15, 0.2) is 64.4 Å². The summed E-state index contributed by atoms with van der Waals surface area (Å²) in [5.74, 6) is 1.56. The first kappa shape index (κ1) is 64.1. The zero-order chi connectivity index (χ0) is 51.9. The molecule has 4 N–H and O–H groups in total. The maximum absolute atomic E-state index is 12.0. The number of nitriles is 1. The molecule has 0 bridgehead atoms. The summed E-state index contributed by atoms with van der Waals surface area (Å²) in [7, 11) is 4.86. The lowest BCUT2D eigenvalue weighted by molar-refractivity contribution is -0.142. The lowest BCUT2D eigenvalue weighted by Gasteiger charge is -2.13. The molecule has 0 unspecified atom stereocenters. The minimum atomic E-state index is -0.817. The molecule has 4 rings (SSSR count). The van der Waals surface area contributed by atoms with Crippen LogP contribution in [0, 0.1) is 37.5 Å². The van der Waals surface area contributed by atoms with Crippen molar-refractivity contribution in [2.75, 3.05) is 46.9 Å². The molecule has 18 nitrogen and oxygen atoms in total. The summed E-state index contributed by atoms with van der Waals surface area (Å²) in [5.41, 5.74) is 10.6. The molecule has 0 saturated heterocycles. The number of aryl methyl sites for hydroxylation is 1. The van der Waals surface area contributed by atoms with E-state index in [1.165, 1.54) is 12.1 Å². The molecule has 3 aromatic carbocycles. The fraction of sp³-hybridized carbons (Fsp3) is 0.460. The van der Waals surface area contributed by atoms with Crippen LogP contribution in [-0.4, -0.2) is 94.1 Å². The van der Waals surface area contributed by atoms with Gasteiger partial charge >= 0.3 is 17.9 Å². The summed E-state index contributed by atoms with van der Waals surface area (Å²) in [6.07, 6.45) is -0.172. The number of hydrogen-bond donors (Lipinski definition) is 3. The number of carbonyl (C=O) groups excluding carboxylic acids is 3. The SMILES string of the molecule is CCOC(=O)C#N.CCOC(=O)CC(=N)OC(C)C.CCOC(=O)CC(=Nc1cccc(OC)c1C)OC(C)C.COc1ccc2c(=O)cc(OC(C)C)[nH]c2c1C.COc1cccc(N)c1C.Cl. The van der Waals surface area contributed by atoms with E-state index >= 15 is 0 Å². The van der Waals surface area contributed by atoms with Gasteiger partial charge in [-0.3, -0.25) is 19.8 Å². The van der Waals surface area contributed by atoms with Gasteiger partial charge in [0.25, 0.3) is 0 Å². The zero-order valence-electron chi connectivity index (χ0n) is 42.7. The molecule has 1 heterocycles. The Morgan fingerprint density at radius 1 is 0.710 bits per heavy atom. The molecule has 4 aromatic rings. The van der Waals surface area contributed by atoms with Crippen LogP contribution in [0.25, 0.3) is 10.9 Å². The predicted molar refractivity (Wildman–Crippen MR) is 271 cm³/mol. The summed E-state index contributed by atoms with van der Waals surface area (Å²) in [6, 6.07) is 17.5. The Morgan fingerprint density at radius 3 is 1.68 bits per heavy atom. The molecule has 1 aromatic heterocycles. The average Bonchev–Trinajstić information content (AvgIpc) is 3.26. The number of esters is 3. The third-order valence-corrected chi connectivity index (χ3v) is 8.37. The Hall–Kier alpha value is -7.00. The van der Waals surface area contributed by atoms with Crippen molar-refractivity contribution >= 4 is 64.4 Å². The van der Waals surface area contributed by atoms with Crippen LogP contribution in [0.3, 0.4) is 0 Å². The average molecular weight is 987 g/mol. The predicted octanol–water partition coefficient (Wildman–Crippen LogP) is 9.47. The van der Waals surface area contributed by atoms with Crippen molar-refractivity contribution in [1.82, 2.24) is 4.98 Å². The molecule has 0 atom stereocenters. The van der Waals surface area contributed by atoms with E-state index in [1.54, 1.807) is 68.1 Å². The van der Waals surface area contributed by atoms with Crippen molar-refractivity contribution in [3.8, 4) is 29.2 Å². The minimum Gasteiger partial charge on any atom is -0.496 e. The number of pyridine rings is 1. The highest BCUT2D eigenvalue weighted by atomic mass is 35.5. The number of fused-ring (bicyclic) bond motifs is 1. The highest BCUT2D eigenvalue weighted by molar-refractivity contribution is 5.96. The van der Waals surface area contributed by atoms with Gasteiger partial charge in [-0.25, -0.2) is 9.79 Å². The van der Waals surface area contributed by atoms with E-state index in [0.717, 1.165) is 45.1 Å². The zero-order valence-corrected chi connectivity index (χ0v) is 43.5. The van der Waals surface area contributed by atoms with Crippen molar-refractivity contribution in [2.24, 2.45) is 4.99 Å². The topological polar surface area (TPSA) is 253 Å². The smallest absolute Gasteiger partial charge is 0.411 e. The molecule has 0 aliphatic carbocycles. The molecule has 69 heavy (non-hydrogen) atoms. The fourth-order valence-corrected chi connectivity index (χ4v) is 5.43. The van der Waals surface area contributed by atoms with Gasteiger partial charge in [-0.05, 0) is 119 Å². The number of methoxy groups -OCH3 is 3. The number of nitrogens with two attached hydrogens (primary N) is 1. The van der Waals surface area contributed by atoms with E-state index in [4.69, 9.17) is 49.6 Å². The van der Waals surface area contributed by atoms with Gasteiger partial charge in [-0.15, -0.1) is 12.4 Å². The van der Waals surface area contributed by atoms with Crippen LogP contribution >= 0.6 is 12.4 Å². The number of rotatable bonds is 15. The van der Waals surface area contributed by atoms with Gasteiger partial charge in [-0.1, -0.05) is 12.1 Å². The lowest BCUT2D eigenvalue weighted by Crippen LogP contribution is -2.17. The second-order valence-electron chi connectivity index (χ2n) is 14.8. The molecule has 382 valence electrons. The van der Waals surface area contributed by atoms with Crippen LogP contribution in [0.2, 0.25) is 0 Å². The molecule has 0 spiro atoms. The second kappa shape index (κ2) is 35.2. The number of aromatic nitrogens is 1. The van der Waals surface area contributed by atoms with Crippen molar-refractivity contribution in [1.29, 1.82) is 10.7 Å². The lowest BCUT2D eigenvalue weighted by atomic mass is 10.1. The highest BCUT2D eigenvalue weighted by Gasteiger charge is 2.14. The number of nitrogen functional groups attached to an aromatic ring is 1. The molecule has 0 aliphatic rings. The maximum atomic E-state index is 12.0. The summed E-state index contributed by atoms with van der Waals surface area (Å²) in [6.45, 7) is 23.1. The number of H-pyrrole nitrogens is 1. The first-order chi connectivity index (χ1) is 32.1. The first-order valence-corrected chi connectivity index (χ1v) is 21.9. The number of nitrogens with one attached hydrogen (secondary N) is 2. The summed E-state index contributed by atoms with van der Waals surface area (Å²) < 4.78 is 45.4. The number of aliphatic imine (C=N–C) groups is 1. The quantitative estimate of drug-likeness (QED) is 0.0250. The van der Waals surface area contributed by atoms with Crippen molar-refractivity contribution in [3.05, 3.63) is 81.5 Å². The van der Waals surface area contributed by atoms with Crippen LogP contribution in [0.4, 0.5) is 11.4 Å². The van der Waals surface area contributed by atoms with Gasteiger partial charge in [-0.2, -0.15) is 5.26 Å². The Bertz CT molecular complexity index is 2340. The van der Waals surface area contributed by atoms with Crippen molar-refractivity contribution in [2.45, 2.75) is 114 Å². The van der Waals surface area contributed by atoms with E-state index in [0.29, 0.717) is 36.1 Å². The summed E-state index contributed by atoms with van der Waals surface area (Å²) in [4.78, 5) is 51.8. The van der Waals surface area contributed by atoms with Gasteiger partial charge in [0, 0.05) is 33.8 Å². The minimum absolute atomic E-state index is 0. The van der Waals surface area contributed by atoms with Gasteiger partial charge < -0.3 is 53.3 Å². The Labute approximate surface area is 412 Å². The fourth-order valence-electron chi connectivity index (χ4n) is 5.43. The van der Waals surface area contributed by atoms with Crippen LogP contribution in [0.1, 0.15) is 91.8 Å². The van der Waals surface area contributed by atoms with Gasteiger partial charge in [0.1, 0.15) is 30.1 Å². The number of carbonyl (C=O) groups is 3. The molecular weight excluding hydrogens is 914 g/mol. The largest absolute Gasteiger partial charge is 0.496 e. The number of aromatic amines is 1. The number of halogens is 1. The number of anilines is 1. The summed E-state index contributed by atoms with van der Waals surface area (Å²) >= 11 is 0. The van der Waals surface area contributed by atoms with Crippen LogP contribution < -0.4 is 30.1 Å². The number of nitrogens with zero attached hydrogens (tertiary/aromatic N) is 2. The maximum Gasteiger partial charge on any atom is 0.411 e. The Balaban J connectivity index is 0. The molecule has 0 aliphatic heterocycles. The van der Waals surface area contributed by atoms with E-state index < -0.39 is 11.9 Å². The second-order valence-corrected chi connectivity index (χ2v) is 14.8. The van der Waals surface area contributed by atoms with Gasteiger partial charge in [0.05, 0.1) is 70.7 Å². The molecule has 0 saturated carbocycles. The van der Waals surface area contributed by atoms with Crippen molar-refractivity contribution < 1.29 is 57.0 Å². The molecule has 19 heteroatoms. The van der Waals surface area contributed by atoms with Gasteiger partial charge in [0.2, 0.25) is 0 Å². The van der Waals surface area contributed by atoms with Crippen LogP contribution in [0.5, 0.6) is 23.1 Å². The Morgan fingerprint density at radius 2 is 1.22 bits per heavy atom. The molecule has 0 radical (unpaired) electrons. The first-order valence-electron chi connectivity index (χ1n) is 21.9. The number of ether oxygens (including phenoxy) is 9. The third-order valence-electron chi connectivity index (χ3n) is 8.37. The molecule has 0 fully saturated rings. The normalized spacial score (nSPS) is 10.1. The highest BCUT2D eigenvalue weighted by Crippen LogP contribution is 2.28. The van der Waals surface area contributed by atoms with E-state index in [1.807, 2.05) is 84.9 Å². The van der Waals surface area contributed by atoms with E-state index in [-0.39, 0.29) is 67.5 Å². The molecular formula is C50H72ClN5O13. The number of hydrogen-bond acceptors (Lipinski definition) is 17. The van der Waals surface area contributed by atoms with Crippen molar-refractivity contribution in [3.63, 3.8) is 0 Å². The number of benzene rings is 3. The summed E-state index contributed by atoms with van der Waals surface area (Å²) in [5, 5.41) is 15.6. The van der Waals surface area contributed by atoms with Crippen LogP contribution in [-0.2, 0) is 38.1 Å². The standard InChI is InChI=1S/C16H23NO4.C14H17NO3.C8H15NO3.C8H11NO.C4H5NO2.ClH/c1-6-20-16(18)10-15(21-11(2)3)17-13-8-7-9-14(19-5)12(13)4;1-8(2)18-13-7-11(16)10-5-6-12(17-4)9(3)14(10)15-13;1-4-11-8(10)5-7(9)12-6(2)3;1-6-7(9)4-3-5-8(6)10-2;1-2-7-4(6)3-5;/h7-9,11H,6,10H2,1-5H3;5-8H,1-4H3,(H,15,16);6,9H,4-5H2,1-3H3;3-5H,9H2,1-2H3;2H2,1H3;1H. The molecule has 0 amide bonds. The monoisotopic (exact) mass is 985 g/mol. The third kappa shape index (κ3) is 25.6. The Kier molecular flexibility index (Phi) is 32.7. The van der Waals surface area contributed by atoms with E-state index in [2.05, 4.69) is 19.5 Å².